The lowest BCUT2D eigenvalue weighted by Crippen LogP contribution is -2.20. The minimum absolute atomic E-state index is 0.112. The topological polar surface area (TPSA) is 76.3 Å². The van der Waals surface area contributed by atoms with Crippen LogP contribution in [-0.2, 0) is 9.84 Å². The number of rotatable bonds is 3. The lowest BCUT2D eigenvalue weighted by atomic mass is 9.99. The summed E-state index contributed by atoms with van der Waals surface area (Å²) in [6.45, 7) is 1.62. The Kier molecular flexibility index (Phi) is 3.62. The standard InChI is InChI=1S/C14H17N3O2S2/c1-21(18,19)12-13(15)16-20-14(12)17-8-7-11(9-17)10-5-3-2-4-6-10/h2-6,11H,7-9H2,1H3,(H2,15,16). The number of nitrogens with two attached hydrogens (primary N) is 1. The van der Waals surface area contributed by atoms with Gasteiger partial charge >= 0.3 is 0 Å². The second kappa shape index (κ2) is 5.31. The molecule has 21 heavy (non-hydrogen) atoms. The van der Waals surface area contributed by atoms with Gasteiger partial charge < -0.3 is 10.6 Å². The first-order chi connectivity index (χ1) is 9.97. The van der Waals surface area contributed by atoms with Gasteiger partial charge in [0.1, 0.15) is 9.90 Å². The minimum atomic E-state index is -3.36. The van der Waals surface area contributed by atoms with Crippen LogP contribution < -0.4 is 10.6 Å². The molecule has 2 aromatic rings. The van der Waals surface area contributed by atoms with Gasteiger partial charge in [-0.15, -0.1) is 0 Å². The number of hydrogen-bond donors (Lipinski definition) is 1. The molecule has 2 heterocycles. The highest BCUT2D eigenvalue weighted by molar-refractivity contribution is 7.91. The Morgan fingerprint density at radius 1 is 1.33 bits per heavy atom. The van der Waals surface area contributed by atoms with Gasteiger partial charge in [-0.05, 0) is 23.5 Å². The smallest absolute Gasteiger partial charge is 0.182 e. The zero-order valence-electron chi connectivity index (χ0n) is 11.7. The second-order valence-corrected chi connectivity index (χ2v) is 8.02. The van der Waals surface area contributed by atoms with E-state index < -0.39 is 9.84 Å². The van der Waals surface area contributed by atoms with Crippen LogP contribution >= 0.6 is 11.5 Å². The number of benzene rings is 1. The Hall–Kier alpha value is -1.60. The SMILES string of the molecule is CS(=O)(=O)c1c(N)nsc1N1CCC(c2ccccc2)C1. The Morgan fingerprint density at radius 2 is 2.05 bits per heavy atom. The predicted molar refractivity (Wildman–Crippen MR) is 85.6 cm³/mol. The van der Waals surface area contributed by atoms with Gasteiger partial charge in [0.05, 0.1) is 0 Å². The van der Waals surface area contributed by atoms with E-state index in [4.69, 9.17) is 5.73 Å². The largest absolute Gasteiger partial charge is 0.382 e. The zero-order chi connectivity index (χ0) is 15.0. The van der Waals surface area contributed by atoms with Crippen LogP contribution in [0.2, 0.25) is 0 Å². The summed E-state index contributed by atoms with van der Waals surface area (Å²) < 4.78 is 27.8. The Balaban J connectivity index is 1.88. The van der Waals surface area contributed by atoms with Gasteiger partial charge in [-0.25, -0.2) is 8.42 Å². The van der Waals surface area contributed by atoms with E-state index in [-0.39, 0.29) is 10.7 Å². The third-order valence-corrected chi connectivity index (χ3v) is 5.97. The van der Waals surface area contributed by atoms with E-state index in [0.717, 1.165) is 19.5 Å². The highest BCUT2D eigenvalue weighted by atomic mass is 32.2. The third kappa shape index (κ3) is 2.75. The molecular weight excluding hydrogens is 306 g/mol. The normalized spacial score (nSPS) is 19.1. The van der Waals surface area contributed by atoms with Crippen molar-refractivity contribution in [3.63, 3.8) is 0 Å². The first-order valence-corrected chi connectivity index (χ1v) is 9.38. The Morgan fingerprint density at radius 3 is 2.71 bits per heavy atom. The first kappa shape index (κ1) is 14.3. The molecular formula is C14H17N3O2S2. The van der Waals surface area contributed by atoms with E-state index in [1.54, 1.807) is 0 Å². The van der Waals surface area contributed by atoms with Crippen molar-refractivity contribution in [3.05, 3.63) is 35.9 Å². The summed E-state index contributed by atoms with van der Waals surface area (Å²) in [7, 11) is -3.36. The molecule has 1 fully saturated rings. The molecule has 1 aromatic carbocycles. The van der Waals surface area contributed by atoms with Gasteiger partial charge in [-0.3, -0.25) is 0 Å². The van der Waals surface area contributed by atoms with Crippen LogP contribution in [0.25, 0.3) is 0 Å². The minimum Gasteiger partial charge on any atom is -0.382 e. The molecule has 1 aliphatic heterocycles. The van der Waals surface area contributed by atoms with Crippen LogP contribution in [0.4, 0.5) is 10.8 Å². The number of hydrogen-bond acceptors (Lipinski definition) is 6. The fourth-order valence-electron chi connectivity index (χ4n) is 2.78. The van der Waals surface area contributed by atoms with E-state index in [1.165, 1.54) is 23.4 Å². The van der Waals surface area contributed by atoms with Gasteiger partial charge in [-0.1, -0.05) is 30.3 Å². The van der Waals surface area contributed by atoms with Gasteiger partial charge in [0.15, 0.2) is 15.7 Å². The fourth-order valence-corrected chi connectivity index (χ4v) is 5.02. The van der Waals surface area contributed by atoms with Gasteiger partial charge in [0, 0.05) is 25.3 Å². The summed E-state index contributed by atoms with van der Waals surface area (Å²) in [5, 5.41) is 0.674. The molecule has 0 bridgehead atoms. The summed E-state index contributed by atoms with van der Waals surface area (Å²) >= 11 is 1.17. The maximum atomic E-state index is 11.9. The molecule has 2 N–H and O–H groups in total. The quantitative estimate of drug-likeness (QED) is 0.936. The number of anilines is 2. The maximum Gasteiger partial charge on any atom is 0.182 e. The molecule has 7 heteroatoms. The monoisotopic (exact) mass is 323 g/mol. The van der Waals surface area contributed by atoms with Crippen molar-refractivity contribution in [1.82, 2.24) is 4.37 Å². The van der Waals surface area contributed by atoms with Crippen molar-refractivity contribution in [2.24, 2.45) is 0 Å². The molecule has 0 aliphatic carbocycles. The van der Waals surface area contributed by atoms with Gasteiger partial charge in [-0.2, -0.15) is 4.37 Å². The van der Waals surface area contributed by atoms with E-state index in [0.29, 0.717) is 10.9 Å². The second-order valence-electron chi connectivity index (χ2n) is 5.32. The summed E-state index contributed by atoms with van der Waals surface area (Å²) in [6, 6.07) is 10.3. The van der Waals surface area contributed by atoms with Crippen LogP contribution in [0, 0.1) is 0 Å². The van der Waals surface area contributed by atoms with E-state index >= 15 is 0 Å². The van der Waals surface area contributed by atoms with Gasteiger partial charge in [0.25, 0.3) is 0 Å². The third-order valence-electron chi connectivity index (χ3n) is 3.77. The van der Waals surface area contributed by atoms with Crippen molar-refractivity contribution >= 4 is 32.2 Å². The summed E-state index contributed by atoms with van der Waals surface area (Å²) in [5.74, 6) is 0.530. The molecule has 0 saturated carbocycles. The molecule has 5 nitrogen and oxygen atoms in total. The molecule has 0 amide bonds. The van der Waals surface area contributed by atoms with Crippen LogP contribution in [0.5, 0.6) is 0 Å². The van der Waals surface area contributed by atoms with Crippen LogP contribution in [-0.4, -0.2) is 32.1 Å². The molecule has 1 atom stereocenters. The molecule has 112 valence electrons. The Labute approximate surface area is 128 Å². The van der Waals surface area contributed by atoms with Crippen LogP contribution in [0.1, 0.15) is 17.9 Å². The van der Waals surface area contributed by atoms with E-state index in [9.17, 15) is 8.42 Å². The maximum absolute atomic E-state index is 11.9. The average molecular weight is 323 g/mol. The molecule has 1 saturated heterocycles. The fraction of sp³-hybridized carbons (Fsp3) is 0.357. The first-order valence-electron chi connectivity index (χ1n) is 6.72. The van der Waals surface area contributed by atoms with E-state index in [2.05, 4.69) is 21.4 Å². The number of sulfone groups is 1. The summed E-state index contributed by atoms with van der Waals surface area (Å²) in [4.78, 5) is 2.27. The predicted octanol–water partition coefficient (Wildman–Crippen LogP) is 2.12. The van der Waals surface area contributed by atoms with Crippen molar-refractivity contribution in [3.8, 4) is 0 Å². The summed E-state index contributed by atoms with van der Waals surface area (Å²) in [6.07, 6.45) is 2.19. The van der Waals surface area contributed by atoms with Crippen LogP contribution in [0.3, 0.4) is 0 Å². The highest BCUT2D eigenvalue weighted by Gasteiger charge is 2.30. The average Bonchev–Trinajstić information content (AvgIpc) is 3.05. The molecule has 0 radical (unpaired) electrons. The van der Waals surface area contributed by atoms with Gasteiger partial charge in [0.2, 0.25) is 0 Å². The molecule has 1 aromatic heterocycles. The lowest BCUT2D eigenvalue weighted by Gasteiger charge is -2.17. The molecule has 1 aliphatic rings. The van der Waals surface area contributed by atoms with Crippen LogP contribution in [0.15, 0.2) is 35.2 Å². The lowest BCUT2D eigenvalue weighted by molar-refractivity contribution is 0.602. The molecule has 3 rings (SSSR count). The zero-order valence-corrected chi connectivity index (χ0v) is 13.3. The number of nitrogen functional groups attached to an aromatic ring is 1. The highest BCUT2D eigenvalue weighted by Crippen LogP contribution is 2.39. The van der Waals surface area contributed by atoms with Crippen molar-refractivity contribution in [2.75, 3.05) is 30.0 Å². The molecule has 0 spiro atoms. The van der Waals surface area contributed by atoms with Crippen molar-refractivity contribution < 1.29 is 8.42 Å². The van der Waals surface area contributed by atoms with E-state index in [1.807, 2.05) is 18.2 Å². The molecule has 1 unspecified atom stereocenters. The number of nitrogens with zero attached hydrogens (tertiary/aromatic N) is 2. The van der Waals surface area contributed by atoms with Crippen molar-refractivity contribution in [1.29, 1.82) is 0 Å². The summed E-state index contributed by atoms with van der Waals surface area (Å²) in [5.41, 5.74) is 7.02. The Bertz CT molecular complexity index is 741. The van der Waals surface area contributed by atoms with Crippen molar-refractivity contribution in [2.45, 2.75) is 17.2 Å². The number of aromatic nitrogens is 1.